The Balaban J connectivity index is 2.37. The molecule has 0 aliphatic carbocycles. The fraction of sp³-hybridized carbons (Fsp3) is 0.333. The molecule has 0 saturated carbocycles. The third-order valence-corrected chi connectivity index (χ3v) is 2.14. The van der Waals surface area contributed by atoms with Crippen LogP contribution in [-0.4, -0.2) is 10.9 Å². The lowest BCUT2D eigenvalue weighted by Gasteiger charge is -2.09. The van der Waals surface area contributed by atoms with Gasteiger partial charge in [0.25, 0.3) is 0 Å². The average molecular weight is 204 g/mol. The van der Waals surface area contributed by atoms with Crippen molar-refractivity contribution in [3.63, 3.8) is 0 Å². The molecule has 15 heavy (non-hydrogen) atoms. The first-order valence-corrected chi connectivity index (χ1v) is 5.02. The number of hydrogen-bond acceptors (Lipinski definition) is 2. The molecule has 1 heterocycles. The van der Waals surface area contributed by atoms with Gasteiger partial charge in [-0.3, -0.25) is 9.78 Å². The van der Waals surface area contributed by atoms with Crippen molar-refractivity contribution in [2.24, 2.45) is 5.92 Å². The van der Waals surface area contributed by atoms with E-state index in [-0.39, 0.29) is 11.8 Å². The molecular formula is C12H16N2O. The van der Waals surface area contributed by atoms with Crippen LogP contribution >= 0.6 is 0 Å². The topological polar surface area (TPSA) is 42.0 Å². The van der Waals surface area contributed by atoms with Crippen LogP contribution in [0.4, 0.5) is 0 Å². The van der Waals surface area contributed by atoms with Crippen LogP contribution in [0, 0.1) is 5.92 Å². The Hall–Kier alpha value is -1.64. The fourth-order valence-corrected chi connectivity index (χ4v) is 1.21. The molecule has 1 atom stereocenters. The van der Waals surface area contributed by atoms with E-state index in [1.807, 2.05) is 25.1 Å². The summed E-state index contributed by atoms with van der Waals surface area (Å²) in [6.45, 7) is 5.98. The lowest BCUT2D eigenvalue weighted by molar-refractivity contribution is -0.124. The molecule has 0 aliphatic heterocycles. The van der Waals surface area contributed by atoms with Crippen molar-refractivity contribution in [2.75, 3.05) is 0 Å². The molecule has 0 fully saturated rings. The molecule has 3 heteroatoms. The number of allylic oxidation sites excluding steroid dienone is 1. The van der Waals surface area contributed by atoms with Crippen molar-refractivity contribution in [3.05, 3.63) is 42.7 Å². The Labute approximate surface area is 90.2 Å². The van der Waals surface area contributed by atoms with Crippen molar-refractivity contribution < 1.29 is 4.79 Å². The van der Waals surface area contributed by atoms with Crippen LogP contribution in [0.3, 0.4) is 0 Å². The van der Waals surface area contributed by atoms with Crippen LogP contribution in [0.5, 0.6) is 0 Å². The van der Waals surface area contributed by atoms with E-state index >= 15 is 0 Å². The highest BCUT2D eigenvalue weighted by Crippen LogP contribution is 2.02. The second kappa shape index (κ2) is 5.96. The summed E-state index contributed by atoms with van der Waals surface area (Å²) in [7, 11) is 0. The molecule has 80 valence electrons. The van der Waals surface area contributed by atoms with Crippen molar-refractivity contribution >= 4 is 5.91 Å². The summed E-state index contributed by atoms with van der Waals surface area (Å²) in [4.78, 5) is 15.6. The van der Waals surface area contributed by atoms with Crippen molar-refractivity contribution in [1.82, 2.24) is 10.3 Å². The SMILES string of the molecule is C=CCC(C)C(=O)NCc1ccccn1. The van der Waals surface area contributed by atoms with Crippen LogP contribution in [0.25, 0.3) is 0 Å². The monoisotopic (exact) mass is 204 g/mol. The molecule has 1 amide bonds. The largest absolute Gasteiger partial charge is 0.350 e. The van der Waals surface area contributed by atoms with E-state index in [1.165, 1.54) is 0 Å². The van der Waals surface area contributed by atoms with Gasteiger partial charge in [0.2, 0.25) is 5.91 Å². The number of carbonyl (C=O) groups excluding carboxylic acids is 1. The average Bonchev–Trinajstić information content (AvgIpc) is 2.27. The molecule has 3 nitrogen and oxygen atoms in total. The highest BCUT2D eigenvalue weighted by molar-refractivity contribution is 5.78. The normalized spacial score (nSPS) is 11.8. The van der Waals surface area contributed by atoms with Gasteiger partial charge >= 0.3 is 0 Å². The number of amides is 1. The maximum absolute atomic E-state index is 11.5. The first-order valence-electron chi connectivity index (χ1n) is 5.02. The smallest absolute Gasteiger partial charge is 0.223 e. The first-order chi connectivity index (χ1) is 7.24. The van der Waals surface area contributed by atoms with Crippen molar-refractivity contribution in [1.29, 1.82) is 0 Å². The van der Waals surface area contributed by atoms with Crippen molar-refractivity contribution in [2.45, 2.75) is 19.9 Å². The van der Waals surface area contributed by atoms with Gasteiger partial charge in [0.1, 0.15) is 0 Å². The zero-order valence-corrected chi connectivity index (χ0v) is 8.94. The van der Waals surface area contributed by atoms with Gasteiger partial charge in [-0.15, -0.1) is 6.58 Å². The molecule has 0 bridgehead atoms. The molecule has 0 aromatic carbocycles. The molecule has 0 spiro atoms. The molecule has 0 aliphatic rings. The lowest BCUT2D eigenvalue weighted by Crippen LogP contribution is -2.28. The Morgan fingerprint density at radius 2 is 2.47 bits per heavy atom. The minimum Gasteiger partial charge on any atom is -0.350 e. The van der Waals surface area contributed by atoms with Gasteiger partial charge < -0.3 is 5.32 Å². The van der Waals surface area contributed by atoms with Crippen LogP contribution < -0.4 is 5.32 Å². The summed E-state index contributed by atoms with van der Waals surface area (Å²) in [5.74, 6) is 0.0202. The molecular weight excluding hydrogens is 188 g/mol. The number of pyridine rings is 1. The molecule has 1 aromatic rings. The second-order valence-corrected chi connectivity index (χ2v) is 3.46. The van der Waals surface area contributed by atoms with E-state index in [0.717, 1.165) is 5.69 Å². The van der Waals surface area contributed by atoms with E-state index < -0.39 is 0 Å². The number of nitrogens with one attached hydrogen (secondary N) is 1. The minimum atomic E-state index is -0.0220. The second-order valence-electron chi connectivity index (χ2n) is 3.46. The van der Waals surface area contributed by atoms with Crippen LogP contribution in [0.2, 0.25) is 0 Å². The Kier molecular flexibility index (Phi) is 4.54. The van der Waals surface area contributed by atoms with Crippen LogP contribution in [0.1, 0.15) is 19.0 Å². The third-order valence-electron chi connectivity index (χ3n) is 2.14. The quantitative estimate of drug-likeness (QED) is 0.744. The van der Waals surface area contributed by atoms with E-state index in [9.17, 15) is 4.79 Å². The number of aromatic nitrogens is 1. The predicted molar refractivity (Wildman–Crippen MR) is 60.1 cm³/mol. The van der Waals surface area contributed by atoms with Crippen LogP contribution in [-0.2, 0) is 11.3 Å². The van der Waals surface area contributed by atoms with Gasteiger partial charge in [0.05, 0.1) is 12.2 Å². The summed E-state index contributed by atoms with van der Waals surface area (Å²) < 4.78 is 0. The molecule has 0 radical (unpaired) electrons. The Bertz CT molecular complexity index is 322. The van der Waals surface area contributed by atoms with Crippen LogP contribution in [0.15, 0.2) is 37.1 Å². The number of nitrogens with zero attached hydrogens (tertiary/aromatic N) is 1. The van der Waals surface area contributed by atoms with E-state index in [2.05, 4.69) is 16.9 Å². The molecule has 1 N–H and O–H groups in total. The summed E-state index contributed by atoms with van der Waals surface area (Å²) in [6.07, 6.45) is 4.17. The zero-order chi connectivity index (χ0) is 11.1. The van der Waals surface area contributed by atoms with E-state index in [0.29, 0.717) is 13.0 Å². The highest BCUT2D eigenvalue weighted by atomic mass is 16.1. The zero-order valence-electron chi connectivity index (χ0n) is 8.94. The summed E-state index contributed by atoms with van der Waals surface area (Å²) in [5.41, 5.74) is 0.872. The third kappa shape index (κ3) is 3.94. The summed E-state index contributed by atoms with van der Waals surface area (Å²) >= 11 is 0. The van der Waals surface area contributed by atoms with Gasteiger partial charge in [0, 0.05) is 12.1 Å². The van der Waals surface area contributed by atoms with Gasteiger partial charge in [-0.1, -0.05) is 19.1 Å². The van der Waals surface area contributed by atoms with Gasteiger partial charge in [-0.05, 0) is 18.6 Å². The van der Waals surface area contributed by atoms with Gasteiger partial charge in [-0.2, -0.15) is 0 Å². The maximum Gasteiger partial charge on any atom is 0.223 e. The Morgan fingerprint density at radius 1 is 1.67 bits per heavy atom. The fourth-order valence-electron chi connectivity index (χ4n) is 1.21. The summed E-state index contributed by atoms with van der Waals surface area (Å²) in [6, 6.07) is 5.64. The van der Waals surface area contributed by atoms with E-state index in [4.69, 9.17) is 0 Å². The Morgan fingerprint density at radius 3 is 3.07 bits per heavy atom. The molecule has 1 unspecified atom stereocenters. The van der Waals surface area contributed by atoms with Gasteiger partial charge in [-0.25, -0.2) is 0 Å². The lowest BCUT2D eigenvalue weighted by atomic mass is 10.1. The molecule has 1 aromatic heterocycles. The standard InChI is InChI=1S/C12H16N2O/c1-3-6-10(2)12(15)14-9-11-7-4-5-8-13-11/h3-5,7-8,10H,1,6,9H2,2H3,(H,14,15). The number of hydrogen-bond donors (Lipinski definition) is 1. The number of carbonyl (C=O) groups is 1. The van der Waals surface area contributed by atoms with Gasteiger partial charge in [0.15, 0.2) is 0 Å². The number of rotatable bonds is 5. The molecule has 0 saturated heterocycles. The summed E-state index contributed by atoms with van der Waals surface area (Å²) in [5, 5.41) is 2.83. The minimum absolute atomic E-state index is 0.0220. The van der Waals surface area contributed by atoms with Crippen molar-refractivity contribution in [3.8, 4) is 0 Å². The predicted octanol–water partition coefficient (Wildman–Crippen LogP) is 1.91. The maximum atomic E-state index is 11.5. The highest BCUT2D eigenvalue weighted by Gasteiger charge is 2.10. The first kappa shape index (κ1) is 11.4. The molecule has 1 rings (SSSR count). The van der Waals surface area contributed by atoms with E-state index in [1.54, 1.807) is 12.3 Å².